The van der Waals surface area contributed by atoms with Gasteiger partial charge in [0.05, 0.1) is 18.4 Å². The summed E-state index contributed by atoms with van der Waals surface area (Å²) in [7, 11) is 0. The van der Waals surface area contributed by atoms with Crippen LogP contribution in [0, 0.1) is 0 Å². The number of rotatable bonds is 11. The highest BCUT2D eigenvalue weighted by Crippen LogP contribution is 2.38. The maximum absolute atomic E-state index is 13.0. The average Bonchev–Trinajstić information content (AvgIpc) is 2.81. The van der Waals surface area contributed by atoms with Gasteiger partial charge in [0.15, 0.2) is 0 Å². The number of hydrogen-bond acceptors (Lipinski definition) is 3. The normalized spacial score (nSPS) is 12.7. The molecule has 0 aromatic heterocycles. The van der Waals surface area contributed by atoms with Gasteiger partial charge in [-0.05, 0) is 47.8 Å². The van der Waals surface area contributed by atoms with E-state index in [4.69, 9.17) is 4.74 Å². The Hall–Kier alpha value is -2.83. The van der Waals surface area contributed by atoms with Crippen LogP contribution in [0.2, 0.25) is 0 Å². The maximum atomic E-state index is 13.0. The number of ether oxygens (including phenoxy) is 1. The van der Waals surface area contributed by atoms with Crippen molar-refractivity contribution >= 4 is 12.1 Å². The molecule has 2 aromatic rings. The van der Waals surface area contributed by atoms with E-state index in [1.165, 1.54) is 23.8 Å². The van der Waals surface area contributed by atoms with Crippen molar-refractivity contribution in [2.45, 2.75) is 84.2 Å². The molecular formula is C28H37F3N2O2. The van der Waals surface area contributed by atoms with Gasteiger partial charge in [-0.2, -0.15) is 18.3 Å². The van der Waals surface area contributed by atoms with Crippen molar-refractivity contribution in [1.29, 1.82) is 0 Å². The van der Waals surface area contributed by atoms with Gasteiger partial charge in [0.2, 0.25) is 5.91 Å². The summed E-state index contributed by atoms with van der Waals surface area (Å²) in [5.74, 6) is 0.429. The molecule has 0 saturated carbocycles. The summed E-state index contributed by atoms with van der Waals surface area (Å²) in [5, 5.41) is 3.69. The molecule has 0 unspecified atom stereocenters. The molecule has 0 atom stereocenters. The number of nitrogens with zero attached hydrogens (tertiary/aromatic N) is 1. The van der Waals surface area contributed by atoms with Crippen LogP contribution >= 0.6 is 0 Å². The lowest BCUT2D eigenvalue weighted by molar-refractivity contribution is -0.137. The predicted octanol–water partition coefficient (Wildman–Crippen LogP) is 7.39. The first-order valence-corrected chi connectivity index (χ1v) is 12.1. The number of carbonyl (C=O) groups is 1. The van der Waals surface area contributed by atoms with Crippen LogP contribution in [-0.4, -0.2) is 18.7 Å². The standard InChI is InChI=1S/C28H37F3N2O2/c1-7-26(3,4)21-15-16-24(23(18-21)27(5,6)8-2)35-17-11-14-25(34)33-32-19-20-12-9-10-13-22(20)28(29,30)31/h9-10,12-13,15-16,18-19H,7-8,11,14,17H2,1-6H3,(H,33,34)/b32-19+. The fourth-order valence-corrected chi connectivity index (χ4v) is 3.51. The van der Waals surface area contributed by atoms with Crippen molar-refractivity contribution in [3.05, 3.63) is 64.7 Å². The highest BCUT2D eigenvalue weighted by molar-refractivity contribution is 5.84. The van der Waals surface area contributed by atoms with Crippen molar-refractivity contribution < 1.29 is 22.7 Å². The number of nitrogens with one attached hydrogen (secondary N) is 1. The number of hydrazone groups is 1. The van der Waals surface area contributed by atoms with Crippen LogP contribution in [0.25, 0.3) is 0 Å². The largest absolute Gasteiger partial charge is 0.493 e. The van der Waals surface area contributed by atoms with Crippen LogP contribution in [0.4, 0.5) is 13.2 Å². The van der Waals surface area contributed by atoms with Gasteiger partial charge in [-0.25, -0.2) is 5.43 Å². The first-order chi connectivity index (χ1) is 16.3. The molecule has 1 N–H and O–H groups in total. The number of benzene rings is 2. The monoisotopic (exact) mass is 490 g/mol. The van der Waals surface area contributed by atoms with Crippen molar-refractivity contribution in [2.75, 3.05) is 6.61 Å². The minimum atomic E-state index is -4.49. The van der Waals surface area contributed by atoms with E-state index in [2.05, 4.69) is 64.2 Å². The Balaban J connectivity index is 1.96. The molecule has 1 amide bonds. The lowest BCUT2D eigenvalue weighted by atomic mass is 9.76. The zero-order chi connectivity index (χ0) is 26.3. The van der Waals surface area contributed by atoms with Crippen LogP contribution in [0.15, 0.2) is 47.6 Å². The molecule has 2 rings (SSSR count). The summed E-state index contributed by atoms with van der Waals surface area (Å²) >= 11 is 0. The van der Waals surface area contributed by atoms with Crippen molar-refractivity contribution in [1.82, 2.24) is 5.43 Å². The van der Waals surface area contributed by atoms with Gasteiger partial charge in [0.1, 0.15) is 5.75 Å². The van der Waals surface area contributed by atoms with E-state index in [0.29, 0.717) is 13.0 Å². The smallest absolute Gasteiger partial charge is 0.417 e. The van der Waals surface area contributed by atoms with Crippen molar-refractivity contribution in [3.63, 3.8) is 0 Å². The Labute approximate surface area is 207 Å². The minimum absolute atomic E-state index is 0.0615. The molecule has 0 spiro atoms. The Morgan fingerprint density at radius 2 is 1.63 bits per heavy atom. The molecule has 4 nitrogen and oxygen atoms in total. The average molecular weight is 491 g/mol. The van der Waals surface area contributed by atoms with E-state index in [-0.39, 0.29) is 28.7 Å². The lowest BCUT2D eigenvalue weighted by Crippen LogP contribution is -2.21. The third-order valence-electron chi connectivity index (χ3n) is 6.72. The summed E-state index contributed by atoms with van der Waals surface area (Å²) in [6, 6.07) is 11.4. The fraction of sp³-hybridized carbons (Fsp3) is 0.500. The summed E-state index contributed by atoms with van der Waals surface area (Å²) in [6.45, 7) is 13.5. The Kier molecular flexibility index (Phi) is 9.52. The van der Waals surface area contributed by atoms with E-state index < -0.39 is 11.7 Å². The first-order valence-electron chi connectivity index (χ1n) is 12.1. The van der Waals surface area contributed by atoms with Crippen LogP contribution in [-0.2, 0) is 21.8 Å². The zero-order valence-corrected chi connectivity index (χ0v) is 21.6. The molecule has 0 aliphatic rings. The lowest BCUT2D eigenvalue weighted by Gasteiger charge is -2.30. The third-order valence-corrected chi connectivity index (χ3v) is 6.72. The summed E-state index contributed by atoms with van der Waals surface area (Å²) in [6.07, 6.45) is -0.897. The second-order valence-electron chi connectivity index (χ2n) is 10.0. The third kappa shape index (κ3) is 7.84. The minimum Gasteiger partial charge on any atom is -0.493 e. The van der Waals surface area contributed by atoms with Crippen LogP contribution in [0.5, 0.6) is 5.75 Å². The Bertz CT molecular complexity index is 1030. The number of halogens is 3. The highest BCUT2D eigenvalue weighted by Gasteiger charge is 2.32. The Morgan fingerprint density at radius 3 is 2.26 bits per heavy atom. The molecule has 192 valence electrons. The van der Waals surface area contributed by atoms with E-state index in [9.17, 15) is 18.0 Å². The van der Waals surface area contributed by atoms with Gasteiger partial charge in [-0.15, -0.1) is 0 Å². The summed E-state index contributed by atoms with van der Waals surface area (Å²) < 4.78 is 45.2. The van der Waals surface area contributed by atoms with Gasteiger partial charge in [0, 0.05) is 17.5 Å². The Morgan fingerprint density at radius 1 is 0.971 bits per heavy atom. The molecule has 35 heavy (non-hydrogen) atoms. The second-order valence-corrected chi connectivity index (χ2v) is 10.0. The highest BCUT2D eigenvalue weighted by atomic mass is 19.4. The van der Waals surface area contributed by atoms with Gasteiger partial charge < -0.3 is 4.74 Å². The summed E-state index contributed by atoms with van der Waals surface area (Å²) in [4.78, 5) is 12.1. The van der Waals surface area contributed by atoms with Crippen molar-refractivity contribution in [2.24, 2.45) is 5.10 Å². The topological polar surface area (TPSA) is 50.7 Å². The molecule has 0 saturated heterocycles. The van der Waals surface area contributed by atoms with Gasteiger partial charge >= 0.3 is 6.18 Å². The molecule has 0 fully saturated rings. The fourth-order valence-electron chi connectivity index (χ4n) is 3.51. The van der Waals surface area contributed by atoms with E-state index >= 15 is 0 Å². The number of hydrogen-bond donors (Lipinski definition) is 1. The van der Waals surface area contributed by atoms with E-state index in [1.54, 1.807) is 0 Å². The van der Waals surface area contributed by atoms with E-state index in [1.807, 2.05) is 6.07 Å². The van der Waals surface area contributed by atoms with Gasteiger partial charge in [-0.3, -0.25) is 4.79 Å². The predicted molar refractivity (Wildman–Crippen MR) is 135 cm³/mol. The molecular weight excluding hydrogens is 453 g/mol. The van der Waals surface area contributed by atoms with Gasteiger partial charge in [0.25, 0.3) is 0 Å². The first kappa shape index (κ1) is 28.4. The van der Waals surface area contributed by atoms with Crippen LogP contribution in [0.1, 0.15) is 89.5 Å². The molecule has 0 bridgehead atoms. The van der Waals surface area contributed by atoms with Crippen LogP contribution < -0.4 is 10.2 Å². The van der Waals surface area contributed by atoms with Crippen molar-refractivity contribution in [3.8, 4) is 5.75 Å². The number of carbonyl (C=O) groups excluding carboxylic acids is 1. The summed E-state index contributed by atoms with van der Waals surface area (Å²) in [5.41, 5.74) is 3.81. The molecule has 0 aliphatic heterocycles. The zero-order valence-electron chi connectivity index (χ0n) is 21.6. The molecule has 0 heterocycles. The quantitative estimate of drug-likeness (QED) is 0.203. The molecule has 0 radical (unpaired) electrons. The second kappa shape index (κ2) is 11.7. The SMILES string of the molecule is CCC(C)(C)c1ccc(OCCCC(=O)N/N=C/c2ccccc2C(F)(F)F)c(C(C)(C)CC)c1. The number of alkyl halides is 3. The van der Waals surface area contributed by atoms with Crippen LogP contribution in [0.3, 0.4) is 0 Å². The molecule has 7 heteroatoms. The maximum Gasteiger partial charge on any atom is 0.417 e. The van der Waals surface area contributed by atoms with Gasteiger partial charge in [-0.1, -0.05) is 71.9 Å². The van der Waals surface area contributed by atoms with E-state index in [0.717, 1.165) is 36.4 Å². The number of amides is 1. The molecule has 0 aliphatic carbocycles. The molecule has 2 aromatic carbocycles.